The van der Waals surface area contributed by atoms with Gasteiger partial charge < -0.3 is 29.3 Å². The minimum absolute atomic E-state index is 0.0895. The summed E-state index contributed by atoms with van der Waals surface area (Å²) < 4.78 is 15.4. The zero-order valence-electron chi connectivity index (χ0n) is 12.3. The van der Waals surface area contributed by atoms with E-state index in [-0.39, 0.29) is 13.2 Å². The fourth-order valence-corrected chi connectivity index (χ4v) is 1.60. The highest BCUT2D eigenvalue weighted by Crippen LogP contribution is 2.01. The quantitative estimate of drug-likeness (QED) is 0.285. The third-order valence-electron chi connectivity index (χ3n) is 2.60. The number of ether oxygens (including phenoxy) is 3. The number of aliphatic hydroxyl groups excluding tert-OH is 2. The summed E-state index contributed by atoms with van der Waals surface area (Å²) in [4.78, 5) is 4.30. The molecule has 0 aromatic carbocycles. The molecule has 122 valence electrons. The van der Waals surface area contributed by atoms with Crippen LogP contribution in [-0.2, 0) is 19.0 Å². The summed E-state index contributed by atoms with van der Waals surface area (Å²) in [6.45, 7) is 2.23. The van der Waals surface area contributed by atoms with Gasteiger partial charge in [-0.2, -0.15) is 0 Å². The van der Waals surface area contributed by atoms with Crippen molar-refractivity contribution in [3.63, 3.8) is 0 Å². The molecule has 0 aliphatic heterocycles. The van der Waals surface area contributed by atoms with Crippen LogP contribution >= 0.6 is 0 Å². The van der Waals surface area contributed by atoms with Gasteiger partial charge in [-0.1, -0.05) is 12.8 Å². The summed E-state index contributed by atoms with van der Waals surface area (Å²) in [5, 5.41) is 18.6. The number of hydrogen-bond donors (Lipinski definition) is 3. The fourth-order valence-electron chi connectivity index (χ4n) is 1.60. The van der Waals surface area contributed by atoms with Gasteiger partial charge in [-0.15, -0.1) is 0 Å². The molecule has 0 aliphatic carbocycles. The van der Waals surface area contributed by atoms with Crippen LogP contribution in [0.1, 0.15) is 25.7 Å². The SMILES string of the molecule is COCC(O)COCCCCCCOCC(O)CON. The van der Waals surface area contributed by atoms with E-state index in [1.54, 1.807) is 7.11 Å². The predicted octanol–water partition coefficient (Wildman–Crippen LogP) is -0.161. The smallest absolute Gasteiger partial charge is 0.103 e. The molecular weight excluding hydrogens is 266 g/mol. The lowest BCUT2D eigenvalue weighted by Crippen LogP contribution is -2.23. The minimum Gasteiger partial charge on any atom is -0.388 e. The van der Waals surface area contributed by atoms with E-state index in [1.165, 1.54) is 0 Å². The summed E-state index contributed by atoms with van der Waals surface area (Å²) >= 11 is 0. The molecule has 0 aromatic heterocycles. The van der Waals surface area contributed by atoms with E-state index in [2.05, 4.69) is 4.84 Å². The molecule has 0 amide bonds. The number of hydrogen-bond acceptors (Lipinski definition) is 7. The Morgan fingerprint density at radius 2 is 1.30 bits per heavy atom. The molecular formula is C13H29NO6. The van der Waals surface area contributed by atoms with Crippen molar-refractivity contribution >= 4 is 0 Å². The van der Waals surface area contributed by atoms with Crippen molar-refractivity contribution in [1.29, 1.82) is 0 Å². The monoisotopic (exact) mass is 295 g/mol. The van der Waals surface area contributed by atoms with Gasteiger partial charge in [-0.05, 0) is 12.8 Å². The van der Waals surface area contributed by atoms with Gasteiger partial charge in [0.05, 0.1) is 26.4 Å². The fraction of sp³-hybridized carbons (Fsp3) is 1.00. The molecule has 0 radical (unpaired) electrons. The van der Waals surface area contributed by atoms with Crippen molar-refractivity contribution in [3.05, 3.63) is 0 Å². The Morgan fingerprint density at radius 3 is 1.75 bits per heavy atom. The largest absolute Gasteiger partial charge is 0.388 e. The van der Waals surface area contributed by atoms with Crippen LogP contribution in [-0.4, -0.2) is 69.2 Å². The van der Waals surface area contributed by atoms with Crippen molar-refractivity contribution in [2.24, 2.45) is 5.90 Å². The summed E-state index contributed by atoms with van der Waals surface area (Å²) in [7, 11) is 1.55. The summed E-state index contributed by atoms with van der Waals surface area (Å²) in [5.41, 5.74) is 0. The molecule has 2 atom stereocenters. The average molecular weight is 295 g/mol. The van der Waals surface area contributed by atoms with Gasteiger partial charge in [0.25, 0.3) is 0 Å². The lowest BCUT2D eigenvalue weighted by molar-refractivity contribution is -0.0203. The number of nitrogens with two attached hydrogens (primary N) is 1. The van der Waals surface area contributed by atoms with Gasteiger partial charge in [0.15, 0.2) is 0 Å². The van der Waals surface area contributed by atoms with Crippen molar-refractivity contribution in [3.8, 4) is 0 Å². The molecule has 2 unspecified atom stereocenters. The Hall–Kier alpha value is -0.280. The highest BCUT2D eigenvalue weighted by Gasteiger charge is 2.03. The molecule has 20 heavy (non-hydrogen) atoms. The van der Waals surface area contributed by atoms with Crippen LogP contribution in [0, 0.1) is 0 Å². The molecule has 0 heterocycles. The van der Waals surface area contributed by atoms with Gasteiger partial charge in [-0.25, -0.2) is 5.90 Å². The Morgan fingerprint density at radius 1 is 0.800 bits per heavy atom. The lowest BCUT2D eigenvalue weighted by Gasteiger charge is -2.10. The molecule has 4 N–H and O–H groups in total. The topological polar surface area (TPSA) is 103 Å². The minimum atomic E-state index is -0.660. The molecule has 0 bridgehead atoms. The van der Waals surface area contributed by atoms with Crippen LogP contribution < -0.4 is 5.90 Å². The van der Waals surface area contributed by atoms with Crippen molar-refractivity contribution < 1.29 is 29.3 Å². The Kier molecular flexibility index (Phi) is 14.9. The van der Waals surface area contributed by atoms with Crippen LogP contribution in [0.3, 0.4) is 0 Å². The summed E-state index contributed by atoms with van der Waals surface area (Å²) in [5.74, 6) is 4.82. The normalized spacial score (nSPS) is 14.4. The maximum atomic E-state index is 9.33. The highest BCUT2D eigenvalue weighted by molar-refractivity contribution is 4.52. The Balaban J connectivity index is 3.10. The Labute approximate surface area is 120 Å². The second-order valence-corrected chi connectivity index (χ2v) is 4.66. The van der Waals surface area contributed by atoms with E-state index >= 15 is 0 Å². The first kappa shape index (κ1) is 19.7. The van der Waals surface area contributed by atoms with E-state index in [9.17, 15) is 10.2 Å². The lowest BCUT2D eigenvalue weighted by atomic mass is 10.2. The second kappa shape index (κ2) is 15.1. The van der Waals surface area contributed by atoms with E-state index < -0.39 is 12.2 Å². The first-order chi connectivity index (χ1) is 9.70. The number of unbranched alkanes of at least 4 members (excludes halogenated alkanes) is 3. The predicted molar refractivity (Wildman–Crippen MR) is 74.1 cm³/mol. The standard InChI is InChI=1S/C13H29NO6/c1-17-8-12(15)9-18-6-4-2-3-5-7-19-10-13(16)11-20-14/h12-13,15-16H,2-11,14H2,1H3. The summed E-state index contributed by atoms with van der Waals surface area (Å²) in [6, 6.07) is 0. The molecule has 0 aromatic rings. The van der Waals surface area contributed by atoms with Crippen LogP contribution in [0.5, 0.6) is 0 Å². The Bertz CT molecular complexity index is 176. The van der Waals surface area contributed by atoms with E-state index in [0.717, 1.165) is 25.7 Å². The van der Waals surface area contributed by atoms with E-state index in [0.29, 0.717) is 26.4 Å². The summed E-state index contributed by atoms with van der Waals surface area (Å²) in [6.07, 6.45) is 2.81. The maximum absolute atomic E-state index is 9.33. The van der Waals surface area contributed by atoms with Gasteiger partial charge in [-0.3, -0.25) is 0 Å². The third-order valence-corrected chi connectivity index (χ3v) is 2.60. The second-order valence-electron chi connectivity index (χ2n) is 4.66. The zero-order chi connectivity index (χ0) is 15.1. The first-order valence-electron chi connectivity index (χ1n) is 7.03. The van der Waals surface area contributed by atoms with Crippen LogP contribution in [0.15, 0.2) is 0 Å². The van der Waals surface area contributed by atoms with Gasteiger partial charge in [0, 0.05) is 20.3 Å². The molecule has 0 saturated carbocycles. The molecule has 7 heteroatoms. The van der Waals surface area contributed by atoms with Crippen molar-refractivity contribution in [2.75, 3.05) is 46.8 Å². The van der Waals surface area contributed by atoms with Crippen molar-refractivity contribution in [1.82, 2.24) is 0 Å². The highest BCUT2D eigenvalue weighted by atomic mass is 16.6. The molecule has 0 fully saturated rings. The van der Waals surface area contributed by atoms with E-state index in [1.807, 2.05) is 0 Å². The van der Waals surface area contributed by atoms with Gasteiger partial charge in [0.2, 0.25) is 0 Å². The van der Waals surface area contributed by atoms with Gasteiger partial charge in [0.1, 0.15) is 12.2 Å². The number of rotatable bonds is 15. The first-order valence-corrected chi connectivity index (χ1v) is 7.03. The maximum Gasteiger partial charge on any atom is 0.103 e. The molecule has 0 saturated heterocycles. The van der Waals surface area contributed by atoms with Crippen LogP contribution in [0.25, 0.3) is 0 Å². The number of aliphatic hydroxyl groups is 2. The van der Waals surface area contributed by atoms with Gasteiger partial charge >= 0.3 is 0 Å². The third kappa shape index (κ3) is 14.1. The van der Waals surface area contributed by atoms with Crippen molar-refractivity contribution in [2.45, 2.75) is 37.9 Å². The molecule has 0 aliphatic rings. The molecule has 0 rings (SSSR count). The zero-order valence-corrected chi connectivity index (χ0v) is 12.3. The molecule has 0 spiro atoms. The van der Waals surface area contributed by atoms with Crippen LogP contribution in [0.4, 0.5) is 0 Å². The van der Waals surface area contributed by atoms with E-state index in [4.69, 9.17) is 20.1 Å². The average Bonchev–Trinajstić information content (AvgIpc) is 2.41. The van der Waals surface area contributed by atoms with Crippen LogP contribution in [0.2, 0.25) is 0 Å². The number of methoxy groups -OCH3 is 1. The molecule has 7 nitrogen and oxygen atoms in total.